The van der Waals surface area contributed by atoms with Gasteiger partial charge < -0.3 is 25.4 Å². The number of amides is 1. The van der Waals surface area contributed by atoms with E-state index in [9.17, 15) is 9.90 Å². The van der Waals surface area contributed by atoms with Crippen molar-refractivity contribution in [2.75, 3.05) is 44.7 Å². The molecule has 1 aliphatic heterocycles. The van der Waals surface area contributed by atoms with E-state index in [-0.39, 0.29) is 12.5 Å². The van der Waals surface area contributed by atoms with E-state index in [1.54, 1.807) is 36.3 Å². The Kier molecular flexibility index (Phi) is 7.29. The smallest absolute Gasteiger partial charge is 0.253 e. The molecule has 180 valence electrons. The molecule has 1 atom stereocenters. The molecule has 1 amide bonds. The molecular weight excluding hydrogens is 430 g/mol. The molecule has 0 aliphatic carbocycles. The zero-order valence-corrected chi connectivity index (χ0v) is 19.9. The van der Waals surface area contributed by atoms with E-state index in [1.165, 1.54) is 0 Å². The molecule has 0 bridgehead atoms. The van der Waals surface area contributed by atoms with Gasteiger partial charge in [0.25, 0.3) is 5.91 Å². The van der Waals surface area contributed by atoms with E-state index < -0.39 is 5.60 Å². The van der Waals surface area contributed by atoms with Crippen LogP contribution in [-0.2, 0) is 0 Å². The minimum absolute atomic E-state index is 0.149. The summed E-state index contributed by atoms with van der Waals surface area (Å²) >= 11 is 0. The number of carbonyl (C=O) groups is 1. The number of nitrogens with two attached hydrogens (primary N) is 1. The predicted molar refractivity (Wildman–Crippen MR) is 133 cm³/mol. The van der Waals surface area contributed by atoms with Crippen LogP contribution >= 0.6 is 0 Å². The van der Waals surface area contributed by atoms with Gasteiger partial charge in [-0.25, -0.2) is 0 Å². The summed E-state index contributed by atoms with van der Waals surface area (Å²) < 4.78 is 5.68. The third-order valence-corrected chi connectivity index (χ3v) is 6.19. The maximum Gasteiger partial charge on any atom is 0.253 e. The number of β-amino-alcohol motifs (C(OH)–C–C–N with tert-alkyl or cyclic N) is 1. The highest BCUT2D eigenvalue weighted by Gasteiger charge is 2.36. The van der Waals surface area contributed by atoms with Crippen molar-refractivity contribution in [2.45, 2.75) is 31.8 Å². The van der Waals surface area contributed by atoms with Crippen LogP contribution in [0.4, 0.5) is 5.69 Å². The number of nitrogens with zero attached hydrogens (tertiary/aromatic N) is 4. The number of aryl methyl sites for hydroxylation is 1. The van der Waals surface area contributed by atoms with Crippen molar-refractivity contribution >= 4 is 22.5 Å². The van der Waals surface area contributed by atoms with Crippen LogP contribution in [0.2, 0.25) is 0 Å². The molecule has 1 saturated heterocycles. The van der Waals surface area contributed by atoms with Crippen LogP contribution in [0.25, 0.3) is 10.9 Å². The maximum atomic E-state index is 13.1. The topological polar surface area (TPSA) is 105 Å². The van der Waals surface area contributed by atoms with Gasteiger partial charge in [-0.2, -0.15) is 0 Å². The van der Waals surface area contributed by atoms with E-state index in [4.69, 9.17) is 10.5 Å². The summed E-state index contributed by atoms with van der Waals surface area (Å²) in [4.78, 5) is 25.8. The number of hydrogen-bond donors (Lipinski definition) is 2. The lowest BCUT2D eigenvalue weighted by Gasteiger charge is -2.42. The van der Waals surface area contributed by atoms with Crippen molar-refractivity contribution < 1.29 is 14.6 Å². The van der Waals surface area contributed by atoms with Crippen LogP contribution in [-0.4, -0.2) is 71.3 Å². The lowest BCUT2D eigenvalue weighted by Crippen LogP contribution is -2.54. The van der Waals surface area contributed by atoms with Crippen LogP contribution in [0.15, 0.2) is 48.8 Å². The van der Waals surface area contributed by atoms with Crippen LogP contribution in [0, 0.1) is 6.92 Å². The van der Waals surface area contributed by atoms with Gasteiger partial charge in [0.1, 0.15) is 5.75 Å². The van der Waals surface area contributed by atoms with Crippen molar-refractivity contribution in [3.05, 3.63) is 60.0 Å². The van der Waals surface area contributed by atoms with Crippen LogP contribution in [0.1, 0.15) is 35.3 Å². The van der Waals surface area contributed by atoms with Crippen LogP contribution in [0.5, 0.6) is 5.75 Å². The SMILES string of the molecule is Cc1cc(N2CCC[C@](O)(CN(C)C(=O)c3cccc(OCCCN)c3)C2)c2cnccc2n1. The molecule has 4 rings (SSSR count). The molecule has 3 heterocycles. The Morgan fingerprint density at radius 3 is 3.00 bits per heavy atom. The molecule has 1 aromatic carbocycles. The zero-order chi connectivity index (χ0) is 24.1. The zero-order valence-electron chi connectivity index (χ0n) is 19.9. The van der Waals surface area contributed by atoms with Gasteiger partial charge in [-0.3, -0.25) is 14.8 Å². The highest BCUT2D eigenvalue weighted by Crippen LogP contribution is 2.32. The number of rotatable bonds is 8. The highest BCUT2D eigenvalue weighted by atomic mass is 16.5. The van der Waals surface area contributed by atoms with E-state index in [2.05, 4.69) is 14.9 Å². The summed E-state index contributed by atoms with van der Waals surface area (Å²) in [7, 11) is 1.73. The molecule has 0 radical (unpaired) electrons. The molecule has 34 heavy (non-hydrogen) atoms. The normalized spacial score (nSPS) is 18.2. The fourth-order valence-electron chi connectivity index (χ4n) is 4.61. The quantitative estimate of drug-likeness (QED) is 0.495. The second-order valence-corrected chi connectivity index (χ2v) is 9.10. The predicted octanol–water partition coefficient (Wildman–Crippen LogP) is 2.77. The number of hydrogen-bond acceptors (Lipinski definition) is 7. The van der Waals surface area contributed by atoms with Crippen LogP contribution < -0.4 is 15.4 Å². The number of carbonyl (C=O) groups excluding carboxylic acids is 1. The van der Waals surface area contributed by atoms with Gasteiger partial charge in [0, 0.05) is 54.9 Å². The van der Waals surface area contributed by atoms with Gasteiger partial charge in [-0.1, -0.05) is 6.07 Å². The van der Waals surface area contributed by atoms with Crippen molar-refractivity contribution in [1.29, 1.82) is 0 Å². The number of likely N-dealkylation sites (N-methyl/N-ethyl adjacent to an activating group) is 1. The standard InChI is InChI=1S/C26H33N5O3/c1-19-14-24(22-16-28-11-8-23(22)29-19)31-12-4-9-26(33,18-31)17-30(2)25(32)20-6-3-7-21(15-20)34-13-5-10-27/h3,6-8,11,14-16,33H,4-5,9-10,12-13,17-18,27H2,1-2H3/t26-/m0/s1. The Morgan fingerprint density at radius 1 is 1.32 bits per heavy atom. The second-order valence-electron chi connectivity index (χ2n) is 9.10. The fraction of sp³-hybridized carbons (Fsp3) is 0.423. The number of fused-ring (bicyclic) bond motifs is 1. The van der Waals surface area contributed by atoms with Crippen molar-refractivity contribution in [1.82, 2.24) is 14.9 Å². The minimum Gasteiger partial charge on any atom is -0.494 e. The maximum absolute atomic E-state index is 13.1. The Hall–Kier alpha value is -3.23. The molecule has 8 heteroatoms. The summed E-state index contributed by atoms with van der Waals surface area (Å²) in [6.07, 6.45) is 5.77. The summed E-state index contributed by atoms with van der Waals surface area (Å²) in [6, 6.07) is 11.1. The van der Waals surface area contributed by atoms with Gasteiger partial charge >= 0.3 is 0 Å². The van der Waals surface area contributed by atoms with E-state index >= 15 is 0 Å². The number of aromatic nitrogens is 2. The Balaban J connectivity index is 1.48. The third kappa shape index (κ3) is 5.46. The number of benzene rings is 1. The summed E-state index contributed by atoms with van der Waals surface area (Å²) in [6.45, 7) is 4.54. The van der Waals surface area contributed by atoms with E-state index in [1.807, 2.05) is 31.3 Å². The summed E-state index contributed by atoms with van der Waals surface area (Å²) in [5.74, 6) is 0.494. The molecule has 1 aliphatic rings. The molecule has 8 nitrogen and oxygen atoms in total. The first-order valence-electron chi connectivity index (χ1n) is 11.8. The Bertz CT molecular complexity index is 1150. The largest absolute Gasteiger partial charge is 0.494 e. The molecule has 0 spiro atoms. The average molecular weight is 464 g/mol. The molecule has 3 aromatic rings. The molecule has 2 aromatic heterocycles. The first-order valence-corrected chi connectivity index (χ1v) is 11.8. The fourth-order valence-corrected chi connectivity index (χ4v) is 4.61. The average Bonchev–Trinajstić information content (AvgIpc) is 2.83. The lowest BCUT2D eigenvalue weighted by atomic mass is 9.91. The van der Waals surface area contributed by atoms with Crippen molar-refractivity contribution in [3.8, 4) is 5.75 Å². The highest BCUT2D eigenvalue weighted by molar-refractivity contribution is 5.94. The van der Waals surface area contributed by atoms with E-state index in [0.717, 1.165) is 41.7 Å². The molecule has 0 unspecified atom stereocenters. The van der Waals surface area contributed by atoms with Gasteiger partial charge in [0.2, 0.25) is 0 Å². The number of ether oxygens (including phenoxy) is 1. The van der Waals surface area contributed by atoms with Crippen molar-refractivity contribution in [2.24, 2.45) is 5.73 Å². The van der Waals surface area contributed by atoms with Gasteiger partial charge in [0.15, 0.2) is 0 Å². The summed E-state index contributed by atoms with van der Waals surface area (Å²) in [5, 5.41) is 12.5. The Labute approximate surface area is 200 Å². The second kappa shape index (κ2) is 10.4. The first kappa shape index (κ1) is 23.9. The van der Waals surface area contributed by atoms with Gasteiger partial charge in [-0.15, -0.1) is 0 Å². The number of anilines is 1. The summed E-state index contributed by atoms with van der Waals surface area (Å²) in [5.41, 5.74) is 7.86. The van der Waals surface area contributed by atoms with Gasteiger partial charge in [-0.05, 0) is 63.1 Å². The third-order valence-electron chi connectivity index (χ3n) is 6.19. The minimum atomic E-state index is -1.02. The number of piperidine rings is 1. The van der Waals surface area contributed by atoms with Gasteiger partial charge in [0.05, 0.1) is 24.3 Å². The Morgan fingerprint density at radius 2 is 2.18 bits per heavy atom. The number of aliphatic hydroxyl groups is 1. The molecular formula is C26H33N5O3. The molecule has 1 fully saturated rings. The first-order chi connectivity index (χ1) is 16.4. The molecule has 3 N–H and O–H groups in total. The van der Waals surface area contributed by atoms with Crippen LogP contribution in [0.3, 0.4) is 0 Å². The van der Waals surface area contributed by atoms with E-state index in [0.29, 0.717) is 37.4 Å². The number of pyridine rings is 2. The monoisotopic (exact) mass is 463 g/mol. The molecule has 0 saturated carbocycles. The lowest BCUT2D eigenvalue weighted by molar-refractivity contribution is 0.0000605. The van der Waals surface area contributed by atoms with Crippen molar-refractivity contribution in [3.63, 3.8) is 0 Å².